The van der Waals surface area contributed by atoms with E-state index >= 15 is 0 Å². The second-order valence-corrected chi connectivity index (χ2v) is 3.08. The molecule has 1 fully saturated rings. The summed E-state index contributed by atoms with van der Waals surface area (Å²) < 4.78 is 0. The Kier molecular flexibility index (Phi) is 1.87. The molecule has 66 valence electrons. The molecule has 0 bridgehead atoms. The first kappa shape index (κ1) is 8.02. The van der Waals surface area contributed by atoms with Crippen LogP contribution in [0.3, 0.4) is 0 Å². The Morgan fingerprint density at radius 3 is 2.92 bits per heavy atom. The number of nitrogens with zero attached hydrogens (tertiary/aromatic N) is 2. The van der Waals surface area contributed by atoms with Gasteiger partial charge < -0.3 is 11.1 Å². The fourth-order valence-corrected chi connectivity index (χ4v) is 1.35. The Bertz CT molecular complexity index is 362. The highest BCUT2D eigenvalue weighted by atomic mass is 15.0. The van der Waals surface area contributed by atoms with E-state index in [4.69, 9.17) is 11.0 Å². The fraction of sp³-hybridized carbons (Fsp3) is 0.333. The van der Waals surface area contributed by atoms with Crippen molar-refractivity contribution in [3.05, 3.63) is 23.5 Å². The van der Waals surface area contributed by atoms with Gasteiger partial charge in [-0.05, 0) is 25.1 Å². The van der Waals surface area contributed by atoms with Crippen molar-refractivity contribution >= 4 is 5.69 Å². The third-order valence-corrected chi connectivity index (χ3v) is 2.23. The van der Waals surface area contributed by atoms with E-state index in [0.29, 0.717) is 11.4 Å². The normalized spacial score (nSPS) is 20.4. The molecule has 1 unspecified atom stereocenters. The number of nitrogens with one attached hydrogen (secondary N) is 1. The van der Waals surface area contributed by atoms with Gasteiger partial charge in [0.15, 0.2) is 0 Å². The maximum Gasteiger partial charge on any atom is 0.141 e. The first-order chi connectivity index (χ1) is 6.31. The minimum absolute atomic E-state index is 0.244. The molecule has 2 heterocycles. The zero-order valence-corrected chi connectivity index (χ0v) is 7.12. The SMILES string of the molecule is N#Cc1ccc(N)c(C2CCN2)n1. The van der Waals surface area contributed by atoms with E-state index in [1.807, 2.05) is 6.07 Å². The molecule has 1 aromatic heterocycles. The van der Waals surface area contributed by atoms with Gasteiger partial charge in [-0.3, -0.25) is 0 Å². The van der Waals surface area contributed by atoms with Crippen LogP contribution in [0.2, 0.25) is 0 Å². The van der Waals surface area contributed by atoms with Gasteiger partial charge in [-0.25, -0.2) is 4.98 Å². The van der Waals surface area contributed by atoms with Crippen molar-refractivity contribution in [2.45, 2.75) is 12.5 Å². The largest absolute Gasteiger partial charge is 0.397 e. The lowest BCUT2D eigenvalue weighted by atomic mass is 10.0. The number of hydrogen-bond acceptors (Lipinski definition) is 4. The molecule has 4 nitrogen and oxygen atoms in total. The minimum atomic E-state index is 0.244. The summed E-state index contributed by atoms with van der Waals surface area (Å²) in [5.74, 6) is 0. The third kappa shape index (κ3) is 1.34. The summed E-state index contributed by atoms with van der Waals surface area (Å²) in [4.78, 5) is 4.16. The smallest absolute Gasteiger partial charge is 0.141 e. The average Bonchev–Trinajstić information content (AvgIpc) is 2.06. The molecular formula is C9H10N4. The van der Waals surface area contributed by atoms with Crippen LogP contribution in [0.4, 0.5) is 5.69 Å². The number of rotatable bonds is 1. The molecule has 4 heteroatoms. The van der Waals surface area contributed by atoms with Gasteiger partial charge in [0.1, 0.15) is 11.8 Å². The average molecular weight is 174 g/mol. The van der Waals surface area contributed by atoms with Crippen LogP contribution < -0.4 is 11.1 Å². The standard InChI is InChI=1S/C9H10N4/c10-5-6-1-2-7(11)9(13-6)8-3-4-12-8/h1-2,8,12H,3-4,11H2. The number of anilines is 1. The number of pyridine rings is 1. The Hall–Kier alpha value is -1.60. The summed E-state index contributed by atoms with van der Waals surface area (Å²) in [5.41, 5.74) is 7.64. The number of hydrogen-bond donors (Lipinski definition) is 2. The molecule has 0 aromatic carbocycles. The van der Waals surface area contributed by atoms with E-state index in [0.717, 1.165) is 18.7 Å². The monoisotopic (exact) mass is 174 g/mol. The predicted molar refractivity (Wildman–Crippen MR) is 48.7 cm³/mol. The Labute approximate surface area is 76.4 Å². The van der Waals surface area contributed by atoms with Crippen LogP contribution in [-0.2, 0) is 0 Å². The Morgan fingerprint density at radius 1 is 1.62 bits per heavy atom. The van der Waals surface area contributed by atoms with Crippen molar-refractivity contribution in [3.63, 3.8) is 0 Å². The molecule has 1 aliphatic heterocycles. The molecule has 0 saturated carbocycles. The van der Waals surface area contributed by atoms with E-state index in [1.54, 1.807) is 12.1 Å². The van der Waals surface area contributed by atoms with Crippen LogP contribution in [0.15, 0.2) is 12.1 Å². The van der Waals surface area contributed by atoms with Crippen LogP contribution in [-0.4, -0.2) is 11.5 Å². The van der Waals surface area contributed by atoms with Crippen LogP contribution in [0.5, 0.6) is 0 Å². The first-order valence-corrected chi connectivity index (χ1v) is 4.21. The van der Waals surface area contributed by atoms with Crippen molar-refractivity contribution in [2.75, 3.05) is 12.3 Å². The van der Waals surface area contributed by atoms with Crippen LogP contribution in [0.1, 0.15) is 23.9 Å². The second kappa shape index (κ2) is 3.04. The Balaban J connectivity index is 2.37. The van der Waals surface area contributed by atoms with Crippen LogP contribution in [0, 0.1) is 11.3 Å². The van der Waals surface area contributed by atoms with Crippen LogP contribution in [0.25, 0.3) is 0 Å². The van der Waals surface area contributed by atoms with Crippen molar-refractivity contribution in [1.82, 2.24) is 10.3 Å². The molecule has 2 rings (SSSR count). The molecule has 3 N–H and O–H groups in total. The summed E-state index contributed by atoms with van der Waals surface area (Å²) in [7, 11) is 0. The first-order valence-electron chi connectivity index (χ1n) is 4.21. The van der Waals surface area contributed by atoms with Crippen molar-refractivity contribution in [3.8, 4) is 6.07 Å². The van der Waals surface area contributed by atoms with Gasteiger partial charge in [0.25, 0.3) is 0 Å². The predicted octanol–water partition coefficient (Wildman–Crippen LogP) is 0.570. The number of aromatic nitrogens is 1. The van der Waals surface area contributed by atoms with Gasteiger partial charge in [-0.1, -0.05) is 0 Å². The maximum atomic E-state index is 8.65. The molecule has 0 radical (unpaired) electrons. The van der Waals surface area contributed by atoms with Gasteiger partial charge in [-0.15, -0.1) is 0 Å². The molecule has 1 aliphatic rings. The lowest BCUT2D eigenvalue weighted by Crippen LogP contribution is -2.36. The van der Waals surface area contributed by atoms with E-state index in [2.05, 4.69) is 10.3 Å². The second-order valence-electron chi connectivity index (χ2n) is 3.08. The lowest BCUT2D eigenvalue weighted by Gasteiger charge is -2.27. The molecule has 13 heavy (non-hydrogen) atoms. The summed E-state index contributed by atoms with van der Waals surface area (Å²) in [6.45, 7) is 1.00. The van der Waals surface area contributed by atoms with Crippen molar-refractivity contribution < 1.29 is 0 Å². The van der Waals surface area contributed by atoms with E-state index < -0.39 is 0 Å². The van der Waals surface area contributed by atoms with Crippen LogP contribution >= 0.6 is 0 Å². The molecule has 0 aliphatic carbocycles. The van der Waals surface area contributed by atoms with E-state index in [9.17, 15) is 0 Å². The highest BCUT2D eigenvalue weighted by Crippen LogP contribution is 2.25. The van der Waals surface area contributed by atoms with Crippen molar-refractivity contribution in [2.24, 2.45) is 0 Å². The summed E-state index contributed by atoms with van der Waals surface area (Å²) in [5, 5.41) is 11.9. The topological polar surface area (TPSA) is 74.7 Å². The highest BCUT2D eigenvalue weighted by Gasteiger charge is 2.22. The summed E-state index contributed by atoms with van der Waals surface area (Å²) in [6.07, 6.45) is 1.05. The Morgan fingerprint density at radius 2 is 2.38 bits per heavy atom. The minimum Gasteiger partial charge on any atom is -0.397 e. The number of nitrogens with two attached hydrogens (primary N) is 1. The van der Waals surface area contributed by atoms with Gasteiger partial charge in [-0.2, -0.15) is 5.26 Å². The molecule has 1 atom stereocenters. The van der Waals surface area contributed by atoms with Crippen molar-refractivity contribution in [1.29, 1.82) is 5.26 Å². The third-order valence-electron chi connectivity index (χ3n) is 2.23. The molecular weight excluding hydrogens is 164 g/mol. The summed E-state index contributed by atoms with van der Waals surface area (Å²) in [6, 6.07) is 5.62. The maximum absolute atomic E-state index is 8.65. The zero-order chi connectivity index (χ0) is 9.26. The molecule has 1 aromatic rings. The molecule has 0 amide bonds. The molecule has 1 saturated heterocycles. The van der Waals surface area contributed by atoms with E-state index in [1.165, 1.54) is 0 Å². The summed E-state index contributed by atoms with van der Waals surface area (Å²) >= 11 is 0. The van der Waals surface area contributed by atoms with Gasteiger partial charge in [0.2, 0.25) is 0 Å². The number of nitriles is 1. The molecule has 0 spiro atoms. The van der Waals surface area contributed by atoms with E-state index in [-0.39, 0.29) is 6.04 Å². The zero-order valence-electron chi connectivity index (χ0n) is 7.12. The van der Waals surface area contributed by atoms with Gasteiger partial charge in [0.05, 0.1) is 17.4 Å². The quantitative estimate of drug-likeness (QED) is 0.652. The van der Waals surface area contributed by atoms with Gasteiger partial charge in [0, 0.05) is 0 Å². The fourth-order valence-electron chi connectivity index (χ4n) is 1.35. The highest BCUT2D eigenvalue weighted by molar-refractivity contribution is 5.47. The van der Waals surface area contributed by atoms with Gasteiger partial charge >= 0.3 is 0 Å². The number of nitrogen functional groups attached to an aromatic ring is 1. The lowest BCUT2D eigenvalue weighted by molar-refractivity contribution is 0.376.